The van der Waals surface area contributed by atoms with Crippen LogP contribution in [0, 0.1) is 0 Å². The standard InChI is InChI=1S/C26H28Cl2N4O/c27-22-6-5-8-24(26(22)28)32-18-16-31(17-19-32)15-4-2-9-25(33)30-21-12-10-20(11-13-21)23-7-1-3-14-29-23/h1,3,5-8,10-14H,2,4,9,15-19H2,(H,30,33). The summed E-state index contributed by atoms with van der Waals surface area (Å²) in [7, 11) is 0. The second kappa shape index (κ2) is 11.5. The molecule has 0 aliphatic carbocycles. The first-order valence-corrected chi connectivity index (χ1v) is 12.1. The first-order chi connectivity index (χ1) is 16.1. The molecule has 5 nitrogen and oxygen atoms in total. The molecule has 0 spiro atoms. The monoisotopic (exact) mass is 482 g/mol. The maximum atomic E-state index is 12.3. The third-order valence-corrected chi connectivity index (χ3v) is 6.71. The van der Waals surface area contributed by atoms with Gasteiger partial charge in [0.15, 0.2) is 0 Å². The molecule has 0 radical (unpaired) electrons. The Morgan fingerprint density at radius 2 is 1.70 bits per heavy atom. The number of amides is 1. The van der Waals surface area contributed by atoms with Crippen molar-refractivity contribution < 1.29 is 4.79 Å². The van der Waals surface area contributed by atoms with E-state index in [9.17, 15) is 4.79 Å². The number of carbonyl (C=O) groups excluding carboxylic acids is 1. The first kappa shape index (κ1) is 23.6. The molecule has 7 heteroatoms. The minimum atomic E-state index is 0.0565. The molecule has 172 valence electrons. The minimum Gasteiger partial charge on any atom is -0.368 e. The fourth-order valence-electron chi connectivity index (χ4n) is 4.05. The number of rotatable bonds is 8. The lowest BCUT2D eigenvalue weighted by Crippen LogP contribution is -2.46. The molecular formula is C26H28Cl2N4O. The topological polar surface area (TPSA) is 48.5 Å². The van der Waals surface area contributed by atoms with E-state index in [1.807, 2.05) is 60.7 Å². The van der Waals surface area contributed by atoms with Crippen LogP contribution in [-0.2, 0) is 4.79 Å². The number of piperazine rings is 1. The highest BCUT2D eigenvalue weighted by molar-refractivity contribution is 6.43. The Kier molecular flexibility index (Phi) is 8.21. The second-order valence-corrected chi connectivity index (χ2v) is 8.98. The normalized spacial score (nSPS) is 14.3. The van der Waals surface area contributed by atoms with Gasteiger partial charge in [0, 0.05) is 50.0 Å². The molecular weight excluding hydrogens is 455 g/mol. The van der Waals surface area contributed by atoms with Crippen molar-refractivity contribution in [3.05, 3.63) is 76.9 Å². The van der Waals surface area contributed by atoms with Crippen molar-refractivity contribution in [2.45, 2.75) is 19.3 Å². The Hall–Kier alpha value is -2.60. The smallest absolute Gasteiger partial charge is 0.224 e. The summed E-state index contributed by atoms with van der Waals surface area (Å²) in [6.45, 7) is 4.82. The number of aromatic nitrogens is 1. The van der Waals surface area contributed by atoms with E-state index in [1.165, 1.54) is 0 Å². The molecule has 0 bridgehead atoms. The third kappa shape index (κ3) is 6.47. The number of carbonyl (C=O) groups is 1. The van der Waals surface area contributed by atoms with Crippen LogP contribution in [0.2, 0.25) is 10.0 Å². The molecule has 33 heavy (non-hydrogen) atoms. The van der Waals surface area contributed by atoms with Gasteiger partial charge in [0.2, 0.25) is 5.91 Å². The molecule has 0 saturated carbocycles. The molecule has 1 amide bonds. The number of hydrogen-bond acceptors (Lipinski definition) is 4. The number of anilines is 2. The van der Waals surface area contributed by atoms with E-state index in [-0.39, 0.29) is 5.91 Å². The average molecular weight is 483 g/mol. The molecule has 1 aliphatic rings. The zero-order chi connectivity index (χ0) is 23.0. The fraction of sp³-hybridized carbons (Fsp3) is 0.308. The van der Waals surface area contributed by atoms with Crippen LogP contribution >= 0.6 is 23.2 Å². The van der Waals surface area contributed by atoms with Crippen LogP contribution in [0.3, 0.4) is 0 Å². The molecule has 1 N–H and O–H groups in total. The Labute approximate surface area is 205 Å². The van der Waals surface area contributed by atoms with Gasteiger partial charge in [0.05, 0.1) is 21.4 Å². The molecule has 0 unspecified atom stereocenters. The summed E-state index contributed by atoms with van der Waals surface area (Å²) in [4.78, 5) is 21.4. The SMILES string of the molecule is O=C(CCCCN1CCN(c2cccc(Cl)c2Cl)CC1)Nc1ccc(-c2ccccn2)cc1. The van der Waals surface area contributed by atoms with Crippen LogP contribution in [-0.4, -0.2) is 48.5 Å². The molecule has 1 fully saturated rings. The summed E-state index contributed by atoms with van der Waals surface area (Å²) >= 11 is 12.5. The zero-order valence-corrected chi connectivity index (χ0v) is 20.0. The Balaban J connectivity index is 1.14. The summed E-state index contributed by atoms with van der Waals surface area (Å²) in [5, 5.41) is 4.22. The van der Waals surface area contributed by atoms with E-state index < -0.39 is 0 Å². The van der Waals surface area contributed by atoms with Crippen molar-refractivity contribution in [3.63, 3.8) is 0 Å². The lowest BCUT2D eigenvalue weighted by molar-refractivity contribution is -0.116. The van der Waals surface area contributed by atoms with Crippen LogP contribution in [0.25, 0.3) is 11.3 Å². The van der Waals surface area contributed by atoms with Crippen molar-refractivity contribution >= 4 is 40.5 Å². The van der Waals surface area contributed by atoms with Gasteiger partial charge in [-0.1, -0.05) is 47.5 Å². The number of nitrogens with zero attached hydrogens (tertiary/aromatic N) is 3. The molecule has 4 rings (SSSR count). The Bertz CT molecular complexity index is 1050. The van der Waals surface area contributed by atoms with Crippen molar-refractivity contribution in [1.82, 2.24) is 9.88 Å². The fourth-order valence-corrected chi connectivity index (χ4v) is 4.47. The Morgan fingerprint density at radius 1 is 0.909 bits per heavy atom. The van der Waals surface area contributed by atoms with Crippen molar-refractivity contribution in [3.8, 4) is 11.3 Å². The zero-order valence-electron chi connectivity index (χ0n) is 18.5. The first-order valence-electron chi connectivity index (χ1n) is 11.3. The maximum Gasteiger partial charge on any atom is 0.224 e. The molecule has 3 aromatic rings. The largest absolute Gasteiger partial charge is 0.368 e. The van der Waals surface area contributed by atoms with Crippen LogP contribution < -0.4 is 10.2 Å². The summed E-state index contributed by atoms with van der Waals surface area (Å²) in [5.41, 5.74) is 3.78. The van der Waals surface area contributed by atoms with Gasteiger partial charge >= 0.3 is 0 Å². The predicted molar refractivity (Wildman–Crippen MR) is 137 cm³/mol. The van der Waals surface area contributed by atoms with Crippen molar-refractivity contribution in [2.24, 2.45) is 0 Å². The molecule has 1 saturated heterocycles. The predicted octanol–water partition coefficient (Wildman–Crippen LogP) is 5.99. The highest BCUT2D eigenvalue weighted by atomic mass is 35.5. The lowest BCUT2D eigenvalue weighted by atomic mass is 10.1. The molecule has 1 aromatic heterocycles. The number of benzene rings is 2. The van der Waals surface area contributed by atoms with Crippen LogP contribution in [0.4, 0.5) is 11.4 Å². The van der Waals surface area contributed by atoms with Gasteiger partial charge in [0.25, 0.3) is 0 Å². The highest BCUT2D eigenvalue weighted by Crippen LogP contribution is 2.32. The number of nitrogens with one attached hydrogen (secondary N) is 1. The van der Waals surface area contributed by atoms with E-state index in [0.29, 0.717) is 16.5 Å². The van der Waals surface area contributed by atoms with E-state index >= 15 is 0 Å². The summed E-state index contributed by atoms with van der Waals surface area (Å²) in [6.07, 6.45) is 4.18. The molecule has 2 aromatic carbocycles. The van der Waals surface area contributed by atoms with Crippen molar-refractivity contribution in [2.75, 3.05) is 42.9 Å². The van der Waals surface area contributed by atoms with Gasteiger partial charge in [0.1, 0.15) is 0 Å². The van der Waals surface area contributed by atoms with E-state index in [1.54, 1.807) is 6.20 Å². The second-order valence-electron chi connectivity index (χ2n) is 8.20. The molecule has 2 heterocycles. The minimum absolute atomic E-state index is 0.0565. The molecule has 1 aliphatic heterocycles. The lowest BCUT2D eigenvalue weighted by Gasteiger charge is -2.36. The van der Waals surface area contributed by atoms with E-state index in [0.717, 1.165) is 68.2 Å². The van der Waals surface area contributed by atoms with Crippen LogP contribution in [0.5, 0.6) is 0 Å². The maximum absolute atomic E-state index is 12.3. The summed E-state index contributed by atoms with van der Waals surface area (Å²) < 4.78 is 0. The number of hydrogen-bond donors (Lipinski definition) is 1. The van der Waals surface area contributed by atoms with Gasteiger partial charge in [-0.05, 0) is 55.8 Å². The number of unbranched alkanes of at least 4 members (excludes halogenated alkanes) is 1. The third-order valence-electron chi connectivity index (χ3n) is 5.90. The van der Waals surface area contributed by atoms with Gasteiger partial charge < -0.3 is 10.2 Å². The summed E-state index contributed by atoms with van der Waals surface area (Å²) in [6, 6.07) is 19.4. The van der Waals surface area contributed by atoms with Gasteiger partial charge in [-0.2, -0.15) is 0 Å². The highest BCUT2D eigenvalue weighted by Gasteiger charge is 2.19. The van der Waals surface area contributed by atoms with E-state index in [4.69, 9.17) is 23.2 Å². The molecule has 0 atom stereocenters. The van der Waals surface area contributed by atoms with Crippen molar-refractivity contribution in [1.29, 1.82) is 0 Å². The average Bonchev–Trinajstić information content (AvgIpc) is 2.85. The van der Waals surface area contributed by atoms with Gasteiger partial charge in [-0.25, -0.2) is 0 Å². The van der Waals surface area contributed by atoms with Crippen LogP contribution in [0.1, 0.15) is 19.3 Å². The van der Waals surface area contributed by atoms with Crippen LogP contribution in [0.15, 0.2) is 66.9 Å². The van der Waals surface area contributed by atoms with Gasteiger partial charge in [-0.15, -0.1) is 0 Å². The van der Waals surface area contributed by atoms with E-state index in [2.05, 4.69) is 20.1 Å². The Morgan fingerprint density at radius 3 is 2.42 bits per heavy atom. The summed E-state index contributed by atoms with van der Waals surface area (Å²) in [5.74, 6) is 0.0565. The van der Waals surface area contributed by atoms with Gasteiger partial charge in [-0.3, -0.25) is 14.7 Å². The number of halogens is 2. The quantitative estimate of drug-likeness (QED) is 0.400. The number of pyridine rings is 1.